The smallest absolute Gasteiger partial charge is 0.222 e. The summed E-state index contributed by atoms with van der Waals surface area (Å²) in [5, 5.41) is 3.25. The molecule has 0 spiro atoms. The molecule has 3 heterocycles. The van der Waals surface area contributed by atoms with E-state index < -0.39 is 0 Å². The maximum Gasteiger partial charge on any atom is 0.222 e. The fourth-order valence-corrected chi connectivity index (χ4v) is 4.34. The van der Waals surface area contributed by atoms with Crippen LogP contribution in [0.1, 0.15) is 52.4 Å². The molecule has 0 aliphatic carbocycles. The van der Waals surface area contributed by atoms with Gasteiger partial charge >= 0.3 is 0 Å². The summed E-state index contributed by atoms with van der Waals surface area (Å²) in [6, 6.07) is 2.04. The highest BCUT2D eigenvalue weighted by Crippen LogP contribution is 2.26. The lowest BCUT2D eigenvalue weighted by Gasteiger charge is -2.35. The lowest BCUT2D eigenvalue weighted by molar-refractivity contribution is -0.133. The first kappa shape index (κ1) is 21.8. The molecule has 0 bridgehead atoms. The van der Waals surface area contributed by atoms with E-state index in [0.29, 0.717) is 18.2 Å². The lowest BCUT2D eigenvalue weighted by atomic mass is 9.92. The Morgan fingerprint density at radius 1 is 1.10 bits per heavy atom. The topological polar surface area (TPSA) is 64.6 Å². The van der Waals surface area contributed by atoms with Crippen LogP contribution in [0.15, 0.2) is 12.4 Å². The number of hydrogen-bond acceptors (Lipinski definition) is 6. The van der Waals surface area contributed by atoms with Crippen molar-refractivity contribution in [1.29, 1.82) is 0 Å². The molecule has 29 heavy (non-hydrogen) atoms. The number of carbonyl (C=O) groups is 1. The number of aromatic nitrogens is 2. The van der Waals surface area contributed by atoms with Crippen molar-refractivity contribution in [2.45, 2.75) is 52.4 Å². The molecule has 2 aliphatic rings. The summed E-state index contributed by atoms with van der Waals surface area (Å²) < 4.78 is 0. The molecule has 7 heteroatoms. The average molecular weight is 403 g/mol. The van der Waals surface area contributed by atoms with Gasteiger partial charge in [-0.3, -0.25) is 9.69 Å². The van der Waals surface area contributed by atoms with Crippen molar-refractivity contribution >= 4 is 17.5 Å². The van der Waals surface area contributed by atoms with Crippen LogP contribution in [0.25, 0.3) is 0 Å². The molecular weight excluding hydrogens is 364 g/mol. The van der Waals surface area contributed by atoms with Crippen molar-refractivity contribution in [1.82, 2.24) is 19.8 Å². The molecule has 2 fully saturated rings. The predicted molar refractivity (Wildman–Crippen MR) is 118 cm³/mol. The van der Waals surface area contributed by atoms with Gasteiger partial charge in [0.2, 0.25) is 5.91 Å². The number of hydrogen-bond donors (Lipinski definition) is 1. The first-order chi connectivity index (χ1) is 14.2. The van der Waals surface area contributed by atoms with E-state index in [1.807, 2.05) is 6.07 Å². The number of carbonyl (C=O) groups excluding carboxylic acids is 1. The molecule has 1 N–H and O–H groups in total. The zero-order valence-electron chi connectivity index (χ0n) is 18.3. The van der Waals surface area contributed by atoms with E-state index in [9.17, 15) is 4.79 Å². The van der Waals surface area contributed by atoms with Crippen molar-refractivity contribution in [3.63, 3.8) is 0 Å². The average Bonchev–Trinajstić information content (AvgIpc) is 2.77. The van der Waals surface area contributed by atoms with Gasteiger partial charge in [0.05, 0.1) is 0 Å². The van der Waals surface area contributed by atoms with Crippen LogP contribution in [0.5, 0.6) is 0 Å². The Hall–Kier alpha value is -1.89. The van der Waals surface area contributed by atoms with Gasteiger partial charge in [-0.2, -0.15) is 0 Å². The minimum Gasteiger partial charge on any atom is -0.370 e. The van der Waals surface area contributed by atoms with Crippen LogP contribution in [0.2, 0.25) is 0 Å². The first-order valence-electron chi connectivity index (χ1n) is 11.5. The second kappa shape index (κ2) is 11.3. The quantitative estimate of drug-likeness (QED) is 0.685. The Kier molecular flexibility index (Phi) is 8.52. The number of nitrogens with one attached hydrogen (secondary N) is 1. The van der Waals surface area contributed by atoms with Gasteiger partial charge in [-0.1, -0.05) is 13.3 Å². The van der Waals surface area contributed by atoms with Gasteiger partial charge in [-0.05, 0) is 45.1 Å². The fraction of sp³-hybridized carbons (Fsp3) is 0.773. The zero-order chi connectivity index (χ0) is 20.5. The van der Waals surface area contributed by atoms with Crippen LogP contribution < -0.4 is 10.2 Å². The highest BCUT2D eigenvalue weighted by molar-refractivity contribution is 5.76. The molecule has 1 aromatic heterocycles. The van der Waals surface area contributed by atoms with Crippen molar-refractivity contribution in [2.75, 3.05) is 62.6 Å². The summed E-state index contributed by atoms with van der Waals surface area (Å²) in [7, 11) is 0. The molecule has 0 radical (unpaired) electrons. The second-order valence-electron chi connectivity index (χ2n) is 8.34. The number of nitrogens with zero attached hydrogens (tertiary/aromatic N) is 5. The molecule has 0 unspecified atom stereocenters. The molecule has 1 aromatic rings. The van der Waals surface area contributed by atoms with E-state index in [2.05, 4.69) is 43.8 Å². The number of piperazine rings is 1. The van der Waals surface area contributed by atoms with E-state index in [-0.39, 0.29) is 0 Å². The minimum atomic E-state index is 0.355. The monoisotopic (exact) mass is 402 g/mol. The maximum atomic E-state index is 12.6. The van der Waals surface area contributed by atoms with Crippen LogP contribution in [0.3, 0.4) is 0 Å². The van der Waals surface area contributed by atoms with Crippen LogP contribution in [0, 0.1) is 5.92 Å². The van der Waals surface area contributed by atoms with E-state index in [0.717, 1.165) is 76.7 Å². The third-order valence-corrected chi connectivity index (χ3v) is 6.27. The summed E-state index contributed by atoms with van der Waals surface area (Å²) in [5.41, 5.74) is 0. The SMILES string of the molecule is CCCCN1CCN(C(=O)CCC2CCN(c3cc(NCC)ncn3)CC2)CC1. The van der Waals surface area contributed by atoms with Gasteiger partial charge in [-0.25, -0.2) is 9.97 Å². The van der Waals surface area contributed by atoms with Gasteiger partial charge in [0, 0.05) is 58.3 Å². The van der Waals surface area contributed by atoms with Gasteiger partial charge in [-0.15, -0.1) is 0 Å². The molecule has 7 nitrogen and oxygen atoms in total. The van der Waals surface area contributed by atoms with E-state index in [4.69, 9.17) is 0 Å². The maximum absolute atomic E-state index is 12.6. The number of rotatable bonds is 9. The summed E-state index contributed by atoms with van der Waals surface area (Å²) in [4.78, 5) is 28.2. The van der Waals surface area contributed by atoms with E-state index in [1.54, 1.807) is 6.33 Å². The third kappa shape index (κ3) is 6.56. The van der Waals surface area contributed by atoms with E-state index >= 15 is 0 Å². The largest absolute Gasteiger partial charge is 0.370 e. The lowest BCUT2D eigenvalue weighted by Crippen LogP contribution is -2.48. The second-order valence-corrected chi connectivity index (χ2v) is 8.34. The Labute approximate surface area is 175 Å². The summed E-state index contributed by atoms with van der Waals surface area (Å²) in [6.07, 6.45) is 8.15. The summed E-state index contributed by atoms with van der Waals surface area (Å²) >= 11 is 0. The summed E-state index contributed by atoms with van der Waals surface area (Å²) in [5.74, 6) is 2.90. The van der Waals surface area contributed by atoms with Crippen LogP contribution in [-0.4, -0.2) is 78.0 Å². The van der Waals surface area contributed by atoms with Gasteiger partial charge < -0.3 is 15.1 Å². The summed E-state index contributed by atoms with van der Waals surface area (Å²) in [6.45, 7) is 12.3. The highest BCUT2D eigenvalue weighted by atomic mass is 16.2. The molecule has 0 aromatic carbocycles. The Morgan fingerprint density at radius 2 is 1.86 bits per heavy atom. The number of amides is 1. The van der Waals surface area contributed by atoms with Crippen LogP contribution in [0.4, 0.5) is 11.6 Å². The normalized spacial score (nSPS) is 18.8. The molecular formula is C22H38N6O. The van der Waals surface area contributed by atoms with Crippen LogP contribution in [-0.2, 0) is 4.79 Å². The molecule has 0 saturated carbocycles. The molecule has 3 rings (SSSR count). The van der Waals surface area contributed by atoms with Crippen molar-refractivity contribution in [3.05, 3.63) is 12.4 Å². The Balaban J connectivity index is 1.36. The van der Waals surface area contributed by atoms with Gasteiger partial charge in [0.1, 0.15) is 18.0 Å². The molecule has 162 valence electrons. The fourth-order valence-electron chi connectivity index (χ4n) is 4.34. The van der Waals surface area contributed by atoms with Gasteiger partial charge in [0.15, 0.2) is 0 Å². The molecule has 2 saturated heterocycles. The third-order valence-electron chi connectivity index (χ3n) is 6.27. The predicted octanol–water partition coefficient (Wildman–Crippen LogP) is 2.85. The number of anilines is 2. The van der Waals surface area contributed by atoms with Gasteiger partial charge in [0.25, 0.3) is 0 Å². The van der Waals surface area contributed by atoms with Crippen molar-refractivity contribution in [2.24, 2.45) is 5.92 Å². The minimum absolute atomic E-state index is 0.355. The molecule has 1 amide bonds. The highest BCUT2D eigenvalue weighted by Gasteiger charge is 2.24. The Morgan fingerprint density at radius 3 is 2.55 bits per heavy atom. The zero-order valence-corrected chi connectivity index (χ0v) is 18.3. The standard InChI is InChI=1S/C22H38N6O/c1-3-5-10-26-13-15-28(16-14-26)22(29)7-6-19-8-11-27(12-9-19)21-17-20(23-4-2)24-18-25-21/h17-19H,3-16H2,1-2H3,(H,23,24,25). The van der Waals surface area contributed by atoms with E-state index in [1.165, 1.54) is 19.4 Å². The first-order valence-corrected chi connectivity index (χ1v) is 11.5. The van der Waals surface area contributed by atoms with Crippen LogP contribution >= 0.6 is 0 Å². The Bertz CT molecular complexity index is 623. The number of piperidine rings is 1. The number of unbranched alkanes of at least 4 members (excludes halogenated alkanes) is 1. The molecule has 0 atom stereocenters. The van der Waals surface area contributed by atoms with Crippen molar-refractivity contribution in [3.8, 4) is 0 Å². The molecule has 2 aliphatic heterocycles. The van der Waals surface area contributed by atoms with Crippen molar-refractivity contribution < 1.29 is 4.79 Å².